The van der Waals surface area contributed by atoms with Gasteiger partial charge in [-0.05, 0) is 17.7 Å². The molecule has 110 valence electrons. The van der Waals surface area contributed by atoms with Crippen LogP contribution in [0.4, 0.5) is 0 Å². The van der Waals surface area contributed by atoms with E-state index in [2.05, 4.69) is 5.32 Å². The lowest BCUT2D eigenvalue weighted by Gasteiger charge is -2.14. The Morgan fingerprint density at radius 3 is 2.09 bits per heavy atom. The van der Waals surface area contributed by atoms with Crippen LogP contribution < -0.4 is 5.32 Å². The highest BCUT2D eigenvalue weighted by atomic mass is 32.2. The van der Waals surface area contributed by atoms with Crippen LogP contribution in [-0.4, -0.2) is 20.4 Å². The van der Waals surface area contributed by atoms with Gasteiger partial charge >= 0.3 is 0 Å². The topological polar surface area (TPSA) is 49.4 Å². The van der Waals surface area contributed by atoms with Gasteiger partial charge in [-0.3, -0.25) is 9.59 Å². The molecule has 0 saturated carbocycles. The number of amides is 2. The van der Waals surface area contributed by atoms with Crippen molar-refractivity contribution in [3.63, 3.8) is 0 Å². The van der Waals surface area contributed by atoms with Gasteiger partial charge in [0.1, 0.15) is 0 Å². The van der Waals surface area contributed by atoms with Crippen LogP contribution in [-0.2, 0) is 6.54 Å². The Hall–Kier alpha value is -2.18. The van der Waals surface area contributed by atoms with E-state index in [1.165, 1.54) is 0 Å². The highest BCUT2D eigenvalue weighted by molar-refractivity contribution is 8.22. The molecule has 0 unspecified atom stereocenters. The number of benzene rings is 2. The van der Waals surface area contributed by atoms with E-state index in [9.17, 15) is 9.59 Å². The molecule has 0 spiro atoms. The lowest BCUT2D eigenvalue weighted by Crippen LogP contribution is -2.28. The molecule has 0 aliphatic carbocycles. The first-order valence-corrected chi connectivity index (χ1v) is 7.82. The molecule has 1 aliphatic heterocycles. The van der Waals surface area contributed by atoms with E-state index >= 15 is 0 Å². The average Bonchev–Trinajstić information content (AvgIpc) is 2.79. The summed E-state index contributed by atoms with van der Waals surface area (Å²) in [6, 6.07) is 16.6. The number of rotatable bonds is 3. The molecule has 3 rings (SSSR count). The van der Waals surface area contributed by atoms with Crippen LogP contribution >= 0.6 is 24.2 Å². The summed E-state index contributed by atoms with van der Waals surface area (Å²) in [5.41, 5.74) is 1.92. The maximum absolute atomic E-state index is 12.2. The van der Waals surface area contributed by atoms with Crippen molar-refractivity contribution in [2.45, 2.75) is 6.54 Å². The lowest BCUT2D eigenvalue weighted by molar-refractivity contribution is 0.0778. The molecule has 6 heteroatoms. The number of thiocarbonyl (C=S) groups is 1. The summed E-state index contributed by atoms with van der Waals surface area (Å²) >= 11 is 6.17. The summed E-state index contributed by atoms with van der Waals surface area (Å²) in [5.74, 6) is -0.649. The standard InChI is InChI=1S/C16H12N2O2S2/c19-14-12-8-4-5-9-13(12)15(20)18(14)22-16(21)17-10-11-6-2-1-3-7-11/h1-9H,10H2,(H,17,21). The van der Waals surface area contributed by atoms with Gasteiger partial charge in [0.2, 0.25) is 0 Å². The van der Waals surface area contributed by atoms with Crippen molar-refractivity contribution in [2.75, 3.05) is 0 Å². The third-order valence-corrected chi connectivity index (χ3v) is 4.40. The highest BCUT2D eigenvalue weighted by Gasteiger charge is 2.36. The van der Waals surface area contributed by atoms with Gasteiger partial charge in [-0.25, -0.2) is 4.31 Å². The second-order valence-electron chi connectivity index (χ2n) is 4.67. The Bertz CT molecular complexity index is 712. The largest absolute Gasteiger partial charge is 0.365 e. The van der Waals surface area contributed by atoms with E-state index in [4.69, 9.17) is 12.2 Å². The quantitative estimate of drug-likeness (QED) is 0.533. The molecule has 1 aliphatic rings. The average molecular weight is 328 g/mol. The van der Waals surface area contributed by atoms with E-state index in [-0.39, 0.29) is 11.8 Å². The zero-order valence-corrected chi connectivity index (χ0v) is 13.1. The molecule has 2 aromatic carbocycles. The summed E-state index contributed by atoms with van der Waals surface area (Å²) in [6.07, 6.45) is 0. The first-order valence-electron chi connectivity index (χ1n) is 6.64. The minimum absolute atomic E-state index is 0.325. The van der Waals surface area contributed by atoms with Gasteiger partial charge in [-0.1, -0.05) is 54.7 Å². The van der Waals surface area contributed by atoms with Crippen molar-refractivity contribution < 1.29 is 9.59 Å². The molecule has 2 aromatic rings. The van der Waals surface area contributed by atoms with Crippen LogP contribution in [0.15, 0.2) is 54.6 Å². The molecule has 0 aromatic heterocycles. The highest BCUT2D eigenvalue weighted by Crippen LogP contribution is 2.28. The predicted molar refractivity (Wildman–Crippen MR) is 90.4 cm³/mol. The fourth-order valence-electron chi connectivity index (χ4n) is 2.14. The molecular weight excluding hydrogens is 316 g/mol. The molecule has 0 atom stereocenters. The number of hydrogen-bond donors (Lipinski definition) is 1. The molecule has 4 nitrogen and oxygen atoms in total. The van der Waals surface area contributed by atoms with Crippen molar-refractivity contribution in [1.29, 1.82) is 0 Å². The van der Waals surface area contributed by atoms with Crippen LogP contribution in [0.1, 0.15) is 26.3 Å². The first-order chi connectivity index (χ1) is 10.7. The Morgan fingerprint density at radius 2 is 1.50 bits per heavy atom. The zero-order chi connectivity index (χ0) is 15.5. The van der Waals surface area contributed by atoms with Gasteiger partial charge in [0.05, 0.1) is 11.1 Å². The predicted octanol–water partition coefficient (Wildman–Crippen LogP) is 3.01. The molecular formula is C16H12N2O2S2. The van der Waals surface area contributed by atoms with Crippen molar-refractivity contribution in [2.24, 2.45) is 0 Å². The summed E-state index contributed by atoms with van der Waals surface area (Å²) in [6.45, 7) is 0.551. The van der Waals surface area contributed by atoms with E-state index in [0.29, 0.717) is 22.0 Å². The molecule has 0 bridgehead atoms. The van der Waals surface area contributed by atoms with Gasteiger partial charge in [-0.2, -0.15) is 0 Å². The summed E-state index contributed by atoms with van der Waals surface area (Å²) < 4.78 is 1.49. The summed E-state index contributed by atoms with van der Waals surface area (Å²) in [5, 5.41) is 3.04. The number of imide groups is 1. The van der Waals surface area contributed by atoms with Crippen LogP contribution in [0.25, 0.3) is 0 Å². The monoisotopic (exact) mass is 328 g/mol. The maximum atomic E-state index is 12.2. The SMILES string of the molecule is O=C1c2ccccc2C(=O)N1SC(=S)NCc1ccccc1. The number of nitrogens with one attached hydrogen (secondary N) is 1. The third-order valence-electron chi connectivity index (χ3n) is 3.21. The Morgan fingerprint density at radius 1 is 0.955 bits per heavy atom. The van der Waals surface area contributed by atoms with E-state index in [1.807, 2.05) is 30.3 Å². The van der Waals surface area contributed by atoms with Gasteiger partial charge in [0.25, 0.3) is 11.8 Å². The van der Waals surface area contributed by atoms with Gasteiger partial charge in [0.15, 0.2) is 4.32 Å². The van der Waals surface area contributed by atoms with E-state index in [0.717, 1.165) is 21.8 Å². The zero-order valence-electron chi connectivity index (χ0n) is 11.5. The number of hydrogen-bond acceptors (Lipinski definition) is 4. The maximum Gasteiger partial charge on any atom is 0.272 e. The fourth-order valence-corrected chi connectivity index (χ4v) is 3.10. The molecule has 2 amide bonds. The van der Waals surface area contributed by atoms with Crippen LogP contribution in [0.3, 0.4) is 0 Å². The van der Waals surface area contributed by atoms with Crippen molar-refractivity contribution in [1.82, 2.24) is 9.62 Å². The number of fused-ring (bicyclic) bond motifs is 1. The Kier molecular flexibility index (Phi) is 4.22. The van der Waals surface area contributed by atoms with E-state index in [1.54, 1.807) is 24.3 Å². The lowest BCUT2D eigenvalue weighted by atomic mass is 10.1. The van der Waals surface area contributed by atoms with Gasteiger partial charge < -0.3 is 5.32 Å². The minimum atomic E-state index is -0.325. The van der Waals surface area contributed by atoms with Crippen LogP contribution in [0.2, 0.25) is 0 Å². The molecule has 0 fully saturated rings. The first kappa shape index (κ1) is 14.7. The molecule has 22 heavy (non-hydrogen) atoms. The second kappa shape index (κ2) is 6.29. The van der Waals surface area contributed by atoms with Gasteiger partial charge in [-0.15, -0.1) is 0 Å². The van der Waals surface area contributed by atoms with Gasteiger partial charge in [0, 0.05) is 18.5 Å². The second-order valence-corrected chi connectivity index (χ2v) is 6.29. The Balaban J connectivity index is 1.63. The minimum Gasteiger partial charge on any atom is -0.365 e. The van der Waals surface area contributed by atoms with Crippen LogP contribution in [0.5, 0.6) is 0 Å². The fraction of sp³-hybridized carbons (Fsp3) is 0.0625. The molecule has 1 heterocycles. The number of nitrogens with zero attached hydrogens (tertiary/aromatic N) is 1. The van der Waals surface area contributed by atoms with E-state index < -0.39 is 0 Å². The summed E-state index contributed by atoms with van der Waals surface area (Å²) in [4.78, 5) is 24.4. The van der Waals surface area contributed by atoms with Crippen molar-refractivity contribution in [3.05, 3.63) is 71.3 Å². The van der Waals surface area contributed by atoms with Crippen molar-refractivity contribution in [3.8, 4) is 0 Å². The molecule has 0 saturated heterocycles. The number of carbonyl (C=O) groups is 2. The third kappa shape index (κ3) is 2.88. The van der Waals surface area contributed by atoms with Crippen molar-refractivity contribution >= 4 is 40.3 Å². The Labute approximate surface area is 137 Å². The van der Waals surface area contributed by atoms with Crippen LogP contribution in [0, 0.1) is 0 Å². The molecule has 1 N–H and O–H groups in total. The summed E-state index contributed by atoms with van der Waals surface area (Å²) in [7, 11) is 0. The normalized spacial score (nSPS) is 13.2. The number of carbonyl (C=O) groups excluding carboxylic acids is 2. The smallest absolute Gasteiger partial charge is 0.272 e. The molecule has 0 radical (unpaired) electrons.